The number of anilines is 1. The molecule has 29 heavy (non-hydrogen) atoms. The Labute approximate surface area is 173 Å². The van der Waals surface area contributed by atoms with Crippen LogP contribution < -0.4 is 5.32 Å². The van der Waals surface area contributed by atoms with Gasteiger partial charge in [-0.25, -0.2) is 4.98 Å². The van der Waals surface area contributed by atoms with Crippen molar-refractivity contribution in [2.24, 2.45) is 5.92 Å². The molecule has 2 aliphatic rings. The number of hydrogen-bond donors (Lipinski definition) is 1. The van der Waals surface area contributed by atoms with E-state index >= 15 is 0 Å². The summed E-state index contributed by atoms with van der Waals surface area (Å²) >= 11 is 1.46. The molecule has 1 N–H and O–H groups in total. The van der Waals surface area contributed by atoms with Gasteiger partial charge < -0.3 is 10.2 Å². The molecule has 2 aromatic rings. The predicted octanol–water partition coefficient (Wildman–Crippen LogP) is 2.78. The van der Waals surface area contributed by atoms with Crippen molar-refractivity contribution in [3.05, 3.63) is 46.0 Å². The van der Waals surface area contributed by atoms with Crippen LogP contribution in [0.2, 0.25) is 0 Å². The third-order valence-corrected chi connectivity index (χ3v) is 6.28. The first-order chi connectivity index (χ1) is 13.8. The molecule has 0 radical (unpaired) electrons. The van der Waals surface area contributed by atoms with Gasteiger partial charge in [0.15, 0.2) is 5.13 Å². The van der Waals surface area contributed by atoms with Crippen molar-refractivity contribution in [1.29, 1.82) is 0 Å². The van der Waals surface area contributed by atoms with E-state index < -0.39 is 17.9 Å². The van der Waals surface area contributed by atoms with Crippen LogP contribution in [0.25, 0.3) is 0 Å². The Balaban J connectivity index is 1.58. The minimum Gasteiger partial charge on any atom is -0.301 e. The molecule has 152 valence electrons. The highest BCUT2D eigenvalue weighted by Gasteiger charge is 2.43. The van der Waals surface area contributed by atoms with Crippen LogP contribution in [0.3, 0.4) is 0 Å². The number of benzene rings is 1. The Morgan fingerprint density at radius 1 is 1.21 bits per heavy atom. The molecule has 1 aromatic carbocycles. The summed E-state index contributed by atoms with van der Waals surface area (Å²) in [6.45, 7) is 5.69. The highest BCUT2D eigenvalue weighted by molar-refractivity contribution is 7.15. The van der Waals surface area contributed by atoms with Crippen LogP contribution in [0, 0.1) is 5.92 Å². The number of thiazole rings is 1. The van der Waals surface area contributed by atoms with Crippen molar-refractivity contribution in [2.75, 3.05) is 18.9 Å². The van der Waals surface area contributed by atoms with E-state index in [1.807, 2.05) is 13.8 Å². The fourth-order valence-corrected chi connectivity index (χ4v) is 4.92. The van der Waals surface area contributed by atoms with E-state index in [0.29, 0.717) is 22.7 Å². The van der Waals surface area contributed by atoms with Gasteiger partial charge in [-0.2, -0.15) is 0 Å². The zero-order valence-electron chi connectivity index (χ0n) is 16.8. The van der Waals surface area contributed by atoms with Gasteiger partial charge in [0, 0.05) is 24.4 Å². The molecule has 3 amide bonds. The fraction of sp³-hybridized carbons (Fsp3) is 0.429. The van der Waals surface area contributed by atoms with Crippen LogP contribution in [0.1, 0.15) is 51.6 Å². The summed E-state index contributed by atoms with van der Waals surface area (Å²) in [6.07, 6.45) is 1.25. The molecule has 0 fully saturated rings. The lowest BCUT2D eigenvalue weighted by atomic mass is 10.0. The lowest BCUT2D eigenvalue weighted by Crippen LogP contribution is -2.47. The Bertz CT molecular complexity index is 949. The monoisotopic (exact) mass is 412 g/mol. The van der Waals surface area contributed by atoms with Crippen molar-refractivity contribution in [1.82, 2.24) is 14.8 Å². The number of carbonyl (C=O) groups excluding carboxylic acids is 3. The largest absolute Gasteiger partial charge is 0.301 e. The molecule has 1 unspecified atom stereocenters. The number of carbonyl (C=O) groups is 3. The second-order valence-electron chi connectivity index (χ2n) is 8.04. The molecule has 0 spiro atoms. The minimum absolute atomic E-state index is 0.133. The third-order valence-electron chi connectivity index (χ3n) is 5.29. The lowest BCUT2D eigenvalue weighted by Gasteiger charge is -2.26. The zero-order valence-corrected chi connectivity index (χ0v) is 17.6. The highest BCUT2D eigenvalue weighted by Crippen LogP contribution is 2.30. The Kier molecular flexibility index (Phi) is 5.23. The number of nitrogens with one attached hydrogen (secondary N) is 1. The van der Waals surface area contributed by atoms with Gasteiger partial charge in [-0.05, 0) is 31.5 Å². The molecule has 2 aliphatic heterocycles. The molecule has 0 aliphatic carbocycles. The summed E-state index contributed by atoms with van der Waals surface area (Å²) in [6, 6.07) is 5.84. The first-order valence-electron chi connectivity index (χ1n) is 9.80. The number of nitrogens with zero attached hydrogens (tertiary/aromatic N) is 3. The average Bonchev–Trinajstić information content (AvgIpc) is 3.18. The molecule has 7 nitrogen and oxygen atoms in total. The van der Waals surface area contributed by atoms with Crippen LogP contribution >= 0.6 is 11.3 Å². The fourth-order valence-electron chi connectivity index (χ4n) is 3.83. The molecule has 0 bridgehead atoms. The number of likely N-dealkylation sites (N-methyl/N-ethyl adjacent to an activating group) is 1. The molecule has 3 heterocycles. The van der Waals surface area contributed by atoms with Crippen LogP contribution in [-0.2, 0) is 17.8 Å². The van der Waals surface area contributed by atoms with Gasteiger partial charge in [-0.3, -0.25) is 19.3 Å². The predicted molar refractivity (Wildman–Crippen MR) is 111 cm³/mol. The molecule has 4 rings (SSSR count). The standard InChI is InChI=1S/C21H24N4O3S/c1-12(2)10-16(25-19(27)13-6-4-5-7-14(13)20(25)28)18(26)23-21-22-15-8-9-24(3)11-17(15)29-21/h4-7,12,16H,8-11H2,1-3H3,(H,22,23,26). The second kappa shape index (κ2) is 7.68. The van der Waals surface area contributed by atoms with Crippen molar-refractivity contribution in [3.8, 4) is 0 Å². The summed E-state index contributed by atoms with van der Waals surface area (Å²) in [5, 5.41) is 3.40. The normalized spacial score (nSPS) is 17.4. The van der Waals surface area contributed by atoms with E-state index in [4.69, 9.17) is 0 Å². The number of fused-ring (bicyclic) bond motifs is 2. The van der Waals surface area contributed by atoms with E-state index in [1.54, 1.807) is 24.3 Å². The quantitative estimate of drug-likeness (QED) is 0.764. The number of hydrogen-bond acceptors (Lipinski definition) is 6. The maximum atomic E-state index is 13.2. The van der Waals surface area contributed by atoms with Crippen molar-refractivity contribution < 1.29 is 14.4 Å². The Morgan fingerprint density at radius 3 is 2.48 bits per heavy atom. The Hall–Kier alpha value is -2.58. The smallest absolute Gasteiger partial charge is 0.262 e. The molecule has 1 aromatic heterocycles. The summed E-state index contributed by atoms with van der Waals surface area (Å²) in [5.41, 5.74) is 1.73. The van der Waals surface area contributed by atoms with Gasteiger partial charge in [0.25, 0.3) is 11.8 Å². The summed E-state index contributed by atoms with van der Waals surface area (Å²) in [7, 11) is 2.06. The zero-order chi connectivity index (χ0) is 20.7. The van der Waals surface area contributed by atoms with E-state index in [-0.39, 0.29) is 11.8 Å². The topological polar surface area (TPSA) is 82.6 Å². The van der Waals surface area contributed by atoms with Crippen molar-refractivity contribution in [3.63, 3.8) is 0 Å². The third kappa shape index (κ3) is 3.70. The molecule has 0 saturated heterocycles. The molecular weight excluding hydrogens is 388 g/mol. The Morgan fingerprint density at radius 2 is 1.86 bits per heavy atom. The van der Waals surface area contributed by atoms with Gasteiger partial charge in [0.1, 0.15) is 6.04 Å². The van der Waals surface area contributed by atoms with E-state index in [2.05, 4.69) is 22.2 Å². The number of aromatic nitrogens is 1. The summed E-state index contributed by atoms with van der Waals surface area (Å²) in [4.78, 5) is 48.0. The highest BCUT2D eigenvalue weighted by atomic mass is 32.1. The van der Waals surface area contributed by atoms with Gasteiger partial charge in [-0.15, -0.1) is 11.3 Å². The molecular formula is C21H24N4O3S. The van der Waals surface area contributed by atoms with Crippen molar-refractivity contribution >= 4 is 34.2 Å². The average molecular weight is 413 g/mol. The van der Waals surface area contributed by atoms with Gasteiger partial charge >= 0.3 is 0 Å². The van der Waals surface area contributed by atoms with E-state index in [0.717, 1.165) is 35.0 Å². The van der Waals surface area contributed by atoms with Gasteiger partial charge in [-0.1, -0.05) is 26.0 Å². The maximum Gasteiger partial charge on any atom is 0.262 e. The number of imide groups is 1. The van der Waals surface area contributed by atoms with Crippen molar-refractivity contribution in [2.45, 2.75) is 39.3 Å². The van der Waals surface area contributed by atoms with Crippen LogP contribution in [0.5, 0.6) is 0 Å². The molecule has 8 heteroatoms. The number of amides is 3. The van der Waals surface area contributed by atoms with Crippen LogP contribution in [-0.4, -0.2) is 52.1 Å². The summed E-state index contributed by atoms with van der Waals surface area (Å²) < 4.78 is 0. The van der Waals surface area contributed by atoms with Crippen LogP contribution in [0.15, 0.2) is 24.3 Å². The first kappa shape index (κ1) is 19.7. The van der Waals surface area contributed by atoms with Gasteiger partial charge in [0.05, 0.1) is 16.8 Å². The van der Waals surface area contributed by atoms with Gasteiger partial charge in [0.2, 0.25) is 5.91 Å². The second-order valence-corrected chi connectivity index (χ2v) is 9.12. The SMILES string of the molecule is CC(C)CC(C(=O)Nc1nc2c(s1)CN(C)CC2)N1C(=O)c2ccccc2C1=O. The van der Waals surface area contributed by atoms with E-state index in [1.165, 1.54) is 11.3 Å². The van der Waals surface area contributed by atoms with Crippen LogP contribution in [0.4, 0.5) is 5.13 Å². The minimum atomic E-state index is -0.869. The molecule has 0 saturated carbocycles. The lowest BCUT2D eigenvalue weighted by molar-refractivity contribution is -0.120. The first-order valence-corrected chi connectivity index (χ1v) is 10.6. The maximum absolute atomic E-state index is 13.2. The molecule has 1 atom stereocenters. The van der Waals surface area contributed by atoms with E-state index in [9.17, 15) is 14.4 Å². The summed E-state index contributed by atoms with van der Waals surface area (Å²) in [5.74, 6) is -1.06. The number of rotatable bonds is 5.